The molecule has 0 saturated carbocycles. The van der Waals surface area contributed by atoms with Crippen LogP contribution < -0.4 is 15.1 Å². The molecule has 33 heavy (non-hydrogen) atoms. The van der Waals surface area contributed by atoms with Crippen molar-refractivity contribution in [1.29, 1.82) is 0 Å². The molecule has 0 radical (unpaired) electrons. The quantitative estimate of drug-likeness (QED) is 0.543. The Bertz CT molecular complexity index is 1100. The van der Waals surface area contributed by atoms with Crippen LogP contribution in [0.25, 0.3) is 11.4 Å². The number of carbonyl (C=O) groups is 1. The van der Waals surface area contributed by atoms with Gasteiger partial charge in [0.05, 0.1) is 19.8 Å². The van der Waals surface area contributed by atoms with Gasteiger partial charge in [0, 0.05) is 58.2 Å². The van der Waals surface area contributed by atoms with Gasteiger partial charge in [-0.2, -0.15) is 4.98 Å². The molecule has 1 saturated heterocycles. The third kappa shape index (κ3) is 5.44. The number of benzene rings is 1. The predicted octanol–water partition coefficient (Wildman–Crippen LogP) is 1.44. The molecular formula is C22H28N8O3. The lowest BCUT2D eigenvalue weighted by Gasteiger charge is -2.28. The van der Waals surface area contributed by atoms with Crippen molar-refractivity contribution in [2.24, 2.45) is 7.05 Å². The Kier molecular flexibility index (Phi) is 7.10. The van der Waals surface area contributed by atoms with Crippen LogP contribution in [0.2, 0.25) is 0 Å². The standard InChI is InChI=1S/C22H28N8O3/c1-28(7-10-32-3)19-14-18(25-22(26-19)30-8-11-33-12-9-30)21(31)24-17-6-4-5-16(13-17)20-27-23-15-29(20)2/h4-6,13-15H,7-12H2,1-3H3,(H,24,31). The van der Waals surface area contributed by atoms with E-state index >= 15 is 0 Å². The molecule has 11 nitrogen and oxygen atoms in total. The van der Waals surface area contributed by atoms with Gasteiger partial charge in [0.15, 0.2) is 5.82 Å². The Morgan fingerprint density at radius 2 is 2.06 bits per heavy atom. The van der Waals surface area contributed by atoms with Crippen LogP contribution >= 0.6 is 0 Å². The summed E-state index contributed by atoms with van der Waals surface area (Å²) in [6.07, 6.45) is 1.64. The molecule has 174 valence electrons. The summed E-state index contributed by atoms with van der Waals surface area (Å²) in [4.78, 5) is 26.4. The van der Waals surface area contributed by atoms with Crippen LogP contribution in [0.1, 0.15) is 10.5 Å². The van der Waals surface area contributed by atoms with E-state index in [-0.39, 0.29) is 11.6 Å². The molecule has 1 aromatic carbocycles. The van der Waals surface area contributed by atoms with E-state index in [9.17, 15) is 4.79 Å². The van der Waals surface area contributed by atoms with Crippen molar-refractivity contribution < 1.29 is 14.3 Å². The van der Waals surface area contributed by atoms with E-state index in [1.165, 1.54) is 0 Å². The second-order valence-electron chi connectivity index (χ2n) is 7.73. The molecule has 3 heterocycles. The van der Waals surface area contributed by atoms with E-state index in [0.717, 1.165) is 5.56 Å². The number of aryl methyl sites for hydroxylation is 1. The van der Waals surface area contributed by atoms with Crippen LogP contribution in [-0.4, -0.2) is 84.3 Å². The van der Waals surface area contributed by atoms with E-state index < -0.39 is 0 Å². The van der Waals surface area contributed by atoms with Crippen LogP contribution in [0.4, 0.5) is 17.5 Å². The van der Waals surface area contributed by atoms with Crippen molar-refractivity contribution in [2.75, 3.05) is 68.7 Å². The first-order chi connectivity index (χ1) is 16.0. The predicted molar refractivity (Wildman–Crippen MR) is 125 cm³/mol. The van der Waals surface area contributed by atoms with Crippen molar-refractivity contribution in [3.05, 3.63) is 42.4 Å². The molecule has 1 aliphatic rings. The molecule has 0 spiro atoms. The molecule has 1 N–H and O–H groups in total. The van der Waals surface area contributed by atoms with Gasteiger partial charge >= 0.3 is 0 Å². The van der Waals surface area contributed by atoms with Crippen LogP contribution in [-0.2, 0) is 16.5 Å². The monoisotopic (exact) mass is 452 g/mol. The lowest BCUT2D eigenvalue weighted by atomic mass is 10.2. The number of likely N-dealkylation sites (N-methyl/N-ethyl adjacent to an activating group) is 1. The highest BCUT2D eigenvalue weighted by Gasteiger charge is 2.20. The highest BCUT2D eigenvalue weighted by molar-refractivity contribution is 6.03. The SMILES string of the molecule is COCCN(C)c1cc(C(=O)Nc2cccc(-c3nncn3C)c2)nc(N2CCOCC2)n1. The number of aromatic nitrogens is 5. The molecule has 0 bridgehead atoms. The second kappa shape index (κ2) is 10.4. The summed E-state index contributed by atoms with van der Waals surface area (Å²) >= 11 is 0. The molecule has 2 aromatic heterocycles. The maximum absolute atomic E-state index is 13.2. The molecule has 4 rings (SSSR count). The van der Waals surface area contributed by atoms with Crippen LogP contribution in [0, 0.1) is 0 Å². The van der Waals surface area contributed by atoms with E-state index in [1.54, 1.807) is 19.5 Å². The number of carbonyl (C=O) groups excluding carboxylic acids is 1. The van der Waals surface area contributed by atoms with Gasteiger partial charge in [-0.15, -0.1) is 10.2 Å². The average molecular weight is 453 g/mol. The highest BCUT2D eigenvalue weighted by Crippen LogP contribution is 2.22. The van der Waals surface area contributed by atoms with Gasteiger partial charge in [-0.25, -0.2) is 4.98 Å². The minimum Gasteiger partial charge on any atom is -0.383 e. The fourth-order valence-electron chi connectivity index (χ4n) is 3.46. The van der Waals surface area contributed by atoms with Gasteiger partial charge in [0.2, 0.25) is 5.95 Å². The Balaban J connectivity index is 1.60. The molecule has 1 fully saturated rings. The number of hydrogen-bond acceptors (Lipinski definition) is 9. The van der Waals surface area contributed by atoms with E-state index in [2.05, 4.69) is 25.5 Å². The van der Waals surface area contributed by atoms with Crippen LogP contribution in [0.3, 0.4) is 0 Å². The van der Waals surface area contributed by atoms with Crippen LogP contribution in [0.15, 0.2) is 36.7 Å². The van der Waals surface area contributed by atoms with E-state index in [1.807, 2.05) is 52.7 Å². The molecule has 0 aliphatic carbocycles. The lowest BCUT2D eigenvalue weighted by molar-refractivity contribution is 0.102. The number of rotatable bonds is 8. The summed E-state index contributed by atoms with van der Waals surface area (Å²) in [5.74, 6) is 1.56. The molecule has 1 aliphatic heterocycles. The number of amides is 1. The molecule has 3 aromatic rings. The van der Waals surface area contributed by atoms with Crippen molar-refractivity contribution >= 4 is 23.4 Å². The maximum Gasteiger partial charge on any atom is 0.274 e. The number of nitrogens with one attached hydrogen (secondary N) is 1. The minimum absolute atomic E-state index is 0.287. The summed E-state index contributed by atoms with van der Waals surface area (Å²) in [6.45, 7) is 3.73. The van der Waals surface area contributed by atoms with Gasteiger partial charge in [-0.3, -0.25) is 4.79 Å². The van der Waals surface area contributed by atoms with Crippen molar-refractivity contribution in [3.63, 3.8) is 0 Å². The largest absolute Gasteiger partial charge is 0.383 e. The lowest BCUT2D eigenvalue weighted by Crippen LogP contribution is -2.38. The first-order valence-electron chi connectivity index (χ1n) is 10.7. The molecule has 11 heteroatoms. The zero-order valence-corrected chi connectivity index (χ0v) is 19.1. The number of nitrogens with zero attached hydrogens (tertiary/aromatic N) is 7. The Labute approximate surface area is 192 Å². The first kappa shape index (κ1) is 22.6. The van der Waals surface area contributed by atoms with Crippen molar-refractivity contribution in [2.45, 2.75) is 0 Å². The number of morpholine rings is 1. The minimum atomic E-state index is -0.316. The Hall–Kier alpha value is -3.57. The number of methoxy groups -OCH3 is 1. The topological polar surface area (TPSA) is 111 Å². The summed E-state index contributed by atoms with van der Waals surface area (Å²) < 4.78 is 12.5. The number of anilines is 3. The Morgan fingerprint density at radius 1 is 1.24 bits per heavy atom. The third-order valence-corrected chi connectivity index (χ3v) is 5.34. The van der Waals surface area contributed by atoms with Gasteiger partial charge in [0.25, 0.3) is 5.91 Å². The van der Waals surface area contributed by atoms with Crippen molar-refractivity contribution in [1.82, 2.24) is 24.7 Å². The molecular weight excluding hydrogens is 424 g/mol. The van der Waals surface area contributed by atoms with Gasteiger partial charge in [-0.05, 0) is 12.1 Å². The summed E-state index contributed by atoms with van der Waals surface area (Å²) in [6, 6.07) is 9.17. The van der Waals surface area contributed by atoms with Crippen molar-refractivity contribution in [3.8, 4) is 11.4 Å². The zero-order valence-electron chi connectivity index (χ0n) is 19.1. The maximum atomic E-state index is 13.2. The first-order valence-corrected chi connectivity index (χ1v) is 10.7. The summed E-state index contributed by atoms with van der Waals surface area (Å²) in [5, 5.41) is 11.0. The average Bonchev–Trinajstić information content (AvgIpc) is 3.28. The number of ether oxygens (including phenoxy) is 2. The van der Waals surface area contributed by atoms with E-state index in [0.29, 0.717) is 62.7 Å². The summed E-state index contributed by atoms with van der Waals surface area (Å²) in [5.41, 5.74) is 1.78. The third-order valence-electron chi connectivity index (χ3n) is 5.34. The summed E-state index contributed by atoms with van der Waals surface area (Å²) in [7, 11) is 5.44. The van der Waals surface area contributed by atoms with E-state index in [4.69, 9.17) is 9.47 Å². The molecule has 0 unspecified atom stereocenters. The van der Waals surface area contributed by atoms with Crippen LogP contribution in [0.5, 0.6) is 0 Å². The molecule has 1 amide bonds. The fraction of sp³-hybridized carbons (Fsp3) is 0.409. The second-order valence-corrected chi connectivity index (χ2v) is 7.73. The smallest absolute Gasteiger partial charge is 0.274 e. The number of hydrogen-bond donors (Lipinski definition) is 1. The zero-order chi connectivity index (χ0) is 23.2. The van der Waals surface area contributed by atoms with Gasteiger partial charge in [-0.1, -0.05) is 12.1 Å². The highest BCUT2D eigenvalue weighted by atomic mass is 16.5. The fourth-order valence-corrected chi connectivity index (χ4v) is 3.46. The van der Waals surface area contributed by atoms with Gasteiger partial charge < -0.3 is 29.2 Å². The normalized spacial score (nSPS) is 13.7. The van der Waals surface area contributed by atoms with Gasteiger partial charge in [0.1, 0.15) is 17.8 Å². The molecule has 0 atom stereocenters. The Morgan fingerprint density at radius 3 is 2.79 bits per heavy atom.